The molecular weight excluding hydrogens is 216 g/mol. The van der Waals surface area contributed by atoms with E-state index < -0.39 is 0 Å². The predicted molar refractivity (Wildman–Crippen MR) is 65.7 cm³/mol. The van der Waals surface area contributed by atoms with Crippen LogP contribution in [0.3, 0.4) is 0 Å². The molecule has 1 heterocycles. The summed E-state index contributed by atoms with van der Waals surface area (Å²) in [6, 6.07) is 7.30. The summed E-state index contributed by atoms with van der Waals surface area (Å²) in [6.07, 6.45) is 3.27. The number of nitrogens with zero attached hydrogens (tertiary/aromatic N) is 1. The van der Waals surface area contributed by atoms with Crippen LogP contribution in [0.25, 0.3) is 0 Å². The number of benzene rings is 1. The lowest BCUT2D eigenvalue weighted by Crippen LogP contribution is -2.22. The molecule has 3 N–H and O–H groups in total. The zero-order valence-electron chi connectivity index (χ0n) is 9.53. The Bertz CT molecular complexity index is 476. The first-order valence-corrected chi connectivity index (χ1v) is 5.33. The number of nitrogens with one attached hydrogen (secondary N) is 3. The lowest BCUT2D eigenvalue weighted by Gasteiger charge is -2.05. The fourth-order valence-electron chi connectivity index (χ4n) is 1.45. The van der Waals surface area contributed by atoms with Gasteiger partial charge in [0.05, 0.1) is 18.6 Å². The molecule has 5 heteroatoms. The third-order valence-electron chi connectivity index (χ3n) is 2.43. The zero-order chi connectivity index (χ0) is 12.1. The minimum atomic E-state index is -0.0951. The Morgan fingerprint density at radius 3 is 2.71 bits per heavy atom. The molecule has 0 fully saturated rings. The van der Waals surface area contributed by atoms with E-state index in [2.05, 4.69) is 20.6 Å². The summed E-state index contributed by atoms with van der Waals surface area (Å²) >= 11 is 0. The Labute approximate surface area is 99.3 Å². The van der Waals surface area contributed by atoms with Crippen LogP contribution in [0, 0.1) is 0 Å². The minimum Gasteiger partial charge on any atom is -0.388 e. The van der Waals surface area contributed by atoms with E-state index in [1.807, 2.05) is 19.2 Å². The highest BCUT2D eigenvalue weighted by Crippen LogP contribution is 2.08. The van der Waals surface area contributed by atoms with Crippen LogP contribution in [-0.2, 0) is 6.54 Å². The van der Waals surface area contributed by atoms with Crippen LogP contribution < -0.4 is 10.6 Å². The van der Waals surface area contributed by atoms with Crippen LogP contribution in [0.15, 0.2) is 36.8 Å². The van der Waals surface area contributed by atoms with Crippen LogP contribution in [0.5, 0.6) is 0 Å². The van der Waals surface area contributed by atoms with Gasteiger partial charge < -0.3 is 15.6 Å². The van der Waals surface area contributed by atoms with Crippen LogP contribution in [0.1, 0.15) is 16.1 Å². The molecule has 1 amide bonds. The van der Waals surface area contributed by atoms with Crippen molar-refractivity contribution in [2.75, 3.05) is 12.4 Å². The number of aromatic amines is 1. The van der Waals surface area contributed by atoms with Gasteiger partial charge in [0.25, 0.3) is 5.91 Å². The second-order valence-corrected chi connectivity index (χ2v) is 3.59. The lowest BCUT2D eigenvalue weighted by molar-refractivity contribution is 0.0950. The maximum atomic E-state index is 11.8. The van der Waals surface area contributed by atoms with Crippen LogP contribution in [0.4, 0.5) is 5.69 Å². The van der Waals surface area contributed by atoms with Crippen molar-refractivity contribution in [3.63, 3.8) is 0 Å². The molecule has 0 bridgehead atoms. The van der Waals surface area contributed by atoms with Crippen molar-refractivity contribution >= 4 is 11.6 Å². The Morgan fingerprint density at radius 2 is 2.12 bits per heavy atom. The first kappa shape index (κ1) is 11.2. The van der Waals surface area contributed by atoms with Crippen molar-refractivity contribution in [1.82, 2.24) is 15.3 Å². The van der Waals surface area contributed by atoms with Gasteiger partial charge in [-0.25, -0.2) is 4.98 Å². The zero-order valence-corrected chi connectivity index (χ0v) is 9.53. The van der Waals surface area contributed by atoms with Crippen LogP contribution in [-0.4, -0.2) is 22.9 Å². The molecule has 2 rings (SSSR count). The number of aromatic nitrogens is 2. The van der Waals surface area contributed by atoms with Crippen molar-refractivity contribution in [3.8, 4) is 0 Å². The summed E-state index contributed by atoms with van der Waals surface area (Å²) in [7, 11) is 1.84. The molecule has 0 radical (unpaired) electrons. The molecule has 5 nitrogen and oxygen atoms in total. The van der Waals surface area contributed by atoms with E-state index in [-0.39, 0.29) is 5.91 Å². The number of anilines is 1. The Balaban J connectivity index is 1.95. The quantitative estimate of drug-likeness (QED) is 0.743. The van der Waals surface area contributed by atoms with Gasteiger partial charge in [0.1, 0.15) is 0 Å². The fourth-order valence-corrected chi connectivity index (χ4v) is 1.45. The maximum absolute atomic E-state index is 11.8. The van der Waals surface area contributed by atoms with Gasteiger partial charge in [0.15, 0.2) is 0 Å². The van der Waals surface area contributed by atoms with Gasteiger partial charge in [0.2, 0.25) is 0 Å². The average Bonchev–Trinajstić information content (AvgIpc) is 2.89. The van der Waals surface area contributed by atoms with Crippen molar-refractivity contribution in [3.05, 3.63) is 48.0 Å². The van der Waals surface area contributed by atoms with Gasteiger partial charge in [-0.05, 0) is 24.3 Å². The Morgan fingerprint density at radius 1 is 1.35 bits per heavy atom. The summed E-state index contributed by atoms with van der Waals surface area (Å²) in [5.74, 6) is -0.0951. The van der Waals surface area contributed by atoms with Gasteiger partial charge in [0, 0.05) is 24.5 Å². The standard InChI is InChI=1S/C12H14N4O/c1-13-10-4-2-9(3-5-10)12(17)15-7-11-6-14-8-16-11/h2-6,8,13H,7H2,1H3,(H,14,16)(H,15,17). The summed E-state index contributed by atoms with van der Waals surface area (Å²) in [4.78, 5) is 18.6. The third-order valence-corrected chi connectivity index (χ3v) is 2.43. The maximum Gasteiger partial charge on any atom is 0.251 e. The first-order valence-electron chi connectivity index (χ1n) is 5.33. The molecule has 1 aromatic carbocycles. The van der Waals surface area contributed by atoms with Gasteiger partial charge in [-0.1, -0.05) is 0 Å². The van der Waals surface area contributed by atoms with E-state index in [4.69, 9.17) is 0 Å². The second kappa shape index (κ2) is 5.16. The van der Waals surface area contributed by atoms with E-state index in [9.17, 15) is 4.79 Å². The molecule has 0 saturated heterocycles. The van der Waals surface area contributed by atoms with Gasteiger partial charge >= 0.3 is 0 Å². The Hall–Kier alpha value is -2.30. The SMILES string of the molecule is CNc1ccc(C(=O)NCc2cnc[nH]2)cc1. The molecule has 0 aliphatic rings. The highest BCUT2D eigenvalue weighted by Gasteiger charge is 2.04. The average molecular weight is 230 g/mol. The Kier molecular flexibility index (Phi) is 3.40. The molecule has 0 spiro atoms. The lowest BCUT2D eigenvalue weighted by atomic mass is 10.2. The van der Waals surface area contributed by atoms with Crippen LogP contribution in [0.2, 0.25) is 0 Å². The van der Waals surface area contributed by atoms with Crippen LogP contribution >= 0.6 is 0 Å². The molecule has 0 aliphatic heterocycles. The summed E-state index contributed by atoms with van der Waals surface area (Å²) in [5.41, 5.74) is 2.50. The minimum absolute atomic E-state index is 0.0951. The third kappa shape index (κ3) is 2.84. The summed E-state index contributed by atoms with van der Waals surface area (Å²) in [5, 5.41) is 5.81. The molecule has 0 atom stereocenters. The molecule has 1 aromatic heterocycles. The van der Waals surface area contributed by atoms with Gasteiger partial charge in [-0.3, -0.25) is 4.79 Å². The number of H-pyrrole nitrogens is 1. The van der Waals surface area contributed by atoms with E-state index in [1.165, 1.54) is 0 Å². The number of hydrogen-bond donors (Lipinski definition) is 3. The summed E-state index contributed by atoms with van der Waals surface area (Å²) in [6.45, 7) is 0.451. The molecule has 0 saturated carbocycles. The van der Waals surface area contributed by atoms with E-state index >= 15 is 0 Å². The molecular formula is C12H14N4O. The number of imidazole rings is 1. The molecule has 88 valence electrons. The molecule has 2 aromatic rings. The molecule has 0 unspecified atom stereocenters. The number of hydrogen-bond acceptors (Lipinski definition) is 3. The summed E-state index contributed by atoms with van der Waals surface area (Å²) < 4.78 is 0. The van der Waals surface area contributed by atoms with E-state index in [0.29, 0.717) is 12.1 Å². The number of carbonyl (C=O) groups is 1. The van der Waals surface area contributed by atoms with Crippen molar-refractivity contribution in [1.29, 1.82) is 0 Å². The number of rotatable bonds is 4. The van der Waals surface area contributed by atoms with Crippen molar-refractivity contribution < 1.29 is 4.79 Å². The largest absolute Gasteiger partial charge is 0.388 e. The monoisotopic (exact) mass is 230 g/mol. The second-order valence-electron chi connectivity index (χ2n) is 3.59. The van der Waals surface area contributed by atoms with Gasteiger partial charge in [-0.15, -0.1) is 0 Å². The number of amides is 1. The first-order chi connectivity index (χ1) is 8.29. The fraction of sp³-hybridized carbons (Fsp3) is 0.167. The number of carbonyl (C=O) groups excluding carboxylic acids is 1. The van der Waals surface area contributed by atoms with Crippen molar-refractivity contribution in [2.45, 2.75) is 6.54 Å². The molecule has 17 heavy (non-hydrogen) atoms. The van der Waals surface area contributed by atoms with Gasteiger partial charge in [-0.2, -0.15) is 0 Å². The normalized spacial score (nSPS) is 9.94. The molecule has 0 aliphatic carbocycles. The highest BCUT2D eigenvalue weighted by atomic mass is 16.1. The van der Waals surface area contributed by atoms with Crippen molar-refractivity contribution in [2.24, 2.45) is 0 Å². The van der Waals surface area contributed by atoms with E-state index in [1.54, 1.807) is 24.7 Å². The smallest absolute Gasteiger partial charge is 0.251 e. The van der Waals surface area contributed by atoms with E-state index in [0.717, 1.165) is 11.4 Å². The predicted octanol–water partition coefficient (Wildman–Crippen LogP) is 1.38. The highest BCUT2D eigenvalue weighted by molar-refractivity contribution is 5.94. The topological polar surface area (TPSA) is 69.8 Å².